The molecule has 19 heavy (non-hydrogen) atoms. The zero-order valence-corrected chi connectivity index (χ0v) is 9.89. The number of ether oxygens (including phenoxy) is 1. The molecule has 0 saturated carbocycles. The second kappa shape index (κ2) is 6.96. The zero-order valence-electron chi connectivity index (χ0n) is 9.89. The van der Waals surface area contributed by atoms with Crippen molar-refractivity contribution in [1.29, 1.82) is 0 Å². The van der Waals surface area contributed by atoms with E-state index in [1.165, 1.54) is 0 Å². The Balaban J connectivity index is 2.47. The van der Waals surface area contributed by atoms with Crippen LogP contribution in [0.2, 0.25) is 0 Å². The number of aliphatic carboxylic acids is 1. The first-order valence-electron chi connectivity index (χ1n) is 5.61. The molecule has 1 aromatic rings. The van der Waals surface area contributed by atoms with Gasteiger partial charge in [-0.2, -0.15) is 8.78 Å². The summed E-state index contributed by atoms with van der Waals surface area (Å²) in [6.45, 7) is -0.156. The standard InChI is InChI=1S/C12H12F4O3/c13-7-6-8(14)11(16)12(10(7)15)19-5-3-1-2-4-9(17)18/h6H,1-5H2,(H,17,18). The molecule has 0 spiro atoms. The molecule has 106 valence electrons. The molecule has 0 heterocycles. The van der Waals surface area contributed by atoms with Gasteiger partial charge in [0.1, 0.15) is 0 Å². The normalized spacial score (nSPS) is 10.5. The Kier molecular flexibility index (Phi) is 5.59. The van der Waals surface area contributed by atoms with Gasteiger partial charge in [-0.15, -0.1) is 0 Å². The van der Waals surface area contributed by atoms with E-state index in [-0.39, 0.29) is 19.1 Å². The fourth-order valence-corrected chi connectivity index (χ4v) is 1.41. The fourth-order valence-electron chi connectivity index (χ4n) is 1.41. The Bertz CT molecular complexity index is 437. The van der Waals surface area contributed by atoms with Crippen LogP contribution in [0.1, 0.15) is 25.7 Å². The highest BCUT2D eigenvalue weighted by atomic mass is 19.2. The highest BCUT2D eigenvalue weighted by molar-refractivity contribution is 5.66. The van der Waals surface area contributed by atoms with E-state index < -0.39 is 35.0 Å². The van der Waals surface area contributed by atoms with Gasteiger partial charge < -0.3 is 9.84 Å². The van der Waals surface area contributed by atoms with Crippen molar-refractivity contribution < 1.29 is 32.2 Å². The molecule has 0 aliphatic carbocycles. The lowest BCUT2D eigenvalue weighted by Gasteiger charge is -2.09. The Hall–Kier alpha value is -1.79. The van der Waals surface area contributed by atoms with Gasteiger partial charge in [0.15, 0.2) is 17.4 Å². The van der Waals surface area contributed by atoms with Crippen LogP contribution in [0.3, 0.4) is 0 Å². The fraction of sp³-hybridized carbons (Fsp3) is 0.417. The highest BCUT2D eigenvalue weighted by Crippen LogP contribution is 2.26. The quantitative estimate of drug-likeness (QED) is 0.473. The number of rotatable bonds is 7. The number of unbranched alkanes of at least 4 members (excludes halogenated alkanes) is 2. The lowest BCUT2D eigenvalue weighted by molar-refractivity contribution is -0.137. The van der Waals surface area contributed by atoms with Crippen LogP contribution in [0.25, 0.3) is 0 Å². The van der Waals surface area contributed by atoms with E-state index in [4.69, 9.17) is 5.11 Å². The maximum Gasteiger partial charge on any atom is 0.303 e. The second-order valence-electron chi connectivity index (χ2n) is 3.85. The molecule has 0 saturated heterocycles. The van der Waals surface area contributed by atoms with Crippen molar-refractivity contribution >= 4 is 5.97 Å². The van der Waals surface area contributed by atoms with Gasteiger partial charge in [0.2, 0.25) is 11.6 Å². The van der Waals surface area contributed by atoms with Crippen molar-refractivity contribution in [3.8, 4) is 5.75 Å². The first-order valence-corrected chi connectivity index (χ1v) is 5.61. The van der Waals surface area contributed by atoms with Crippen LogP contribution in [-0.4, -0.2) is 17.7 Å². The van der Waals surface area contributed by atoms with Gasteiger partial charge in [0.05, 0.1) is 6.61 Å². The van der Waals surface area contributed by atoms with Crippen molar-refractivity contribution in [3.63, 3.8) is 0 Å². The number of hydrogen-bond donors (Lipinski definition) is 1. The van der Waals surface area contributed by atoms with Crippen molar-refractivity contribution in [1.82, 2.24) is 0 Å². The van der Waals surface area contributed by atoms with E-state index >= 15 is 0 Å². The van der Waals surface area contributed by atoms with Gasteiger partial charge in [0, 0.05) is 12.5 Å². The van der Waals surface area contributed by atoms with Crippen LogP contribution < -0.4 is 4.74 Å². The van der Waals surface area contributed by atoms with Crippen LogP contribution in [0.15, 0.2) is 6.07 Å². The predicted molar refractivity (Wildman–Crippen MR) is 57.9 cm³/mol. The third-order valence-corrected chi connectivity index (χ3v) is 2.35. The minimum Gasteiger partial charge on any atom is -0.487 e. The summed E-state index contributed by atoms with van der Waals surface area (Å²) in [6, 6.07) is 0.102. The molecule has 0 bridgehead atoms. The van der Waals surface area contributed by atoms with Gasteiger partial charge in [-0.05, 0) is 19.3 Å². The molecule has 1 rings (SSSR count). The van der Waals surface area contributed by atoms with Gasteiger partial charge in [-0.1, -0.05) is 0 Å². The van der Waals surface area contributed by atoms with Crippen LogP contribution in [0.4, 0.5) is 17.6 Å². The summed E-state index contributed by atoms with van der Waals surface area (Å²) >= 11 is 0. The third kappa shape index (κ3) is 4.42. The Labute approximate surface area is 106 Å². The number of carboxylic acid groups (broad SMARTS) is 1. The number of hydrogen-bond acceptors (Lipinski definition) is 2. The summed E-state index contributed by atoms with van der Waals surface area (Å²) in [5.41, 5.74) is 0. The minimum absolute atomic E-state index is 0.0166. The number of carbonyl (C=O) groups is 1. The van der Waals surface area contributed by atoms with Crippen molar-refractivity contribution in [2.75, 3.05) is 6.61 Å². The average Bonchev–Trinajstić information content (AvgIpc) is 2.34. The maximum atomic E-state index is 13.1. The average molecular weight is 280 g/mol. The first kappa shape index (κ1) is 15.3. The Morgan fingerprint density at radius 1 is 1.05 bits per heavy atom. The summed E-state index contributed by atoms with van der Waals surface area (Å²) in [6.07, 6.45) is 1.16. The van der Waals surface area contributed by atoms with E-state index in [1.54, 1.807) is 0 Å². The molecule has 0 unspecified atom stereocenters. The summed E-state index contributed by atoms with van der Waals surface area (Å²) in [7, 11) is 0. The molecule has 0 fully saturated rings. The van der Waals surface area contributed by atoms with Gasteiger partial charge >= 0.3 is 5.97 Å². The Morgan fingerprint density at radius 2 is 1.63 bits per heavy atom. The maximum absolute atomic E-state index is 13.1. The van der Waals surface area contributed by atoms with Crippen molar-refractivity contribution in [3.05, 3.63) is 29.3 Å². The largest absolute Gasteiger partial charge is 0.487 e. The topological polar surface area (TPSA) is 46.5 Å². The van der Waals surface area contributed by atoms with Crippen molar-refractivity contribution in [2.24, 2.45) is 0 Å². The highest BCUT2D eigenvalue weighted by Gasteiger charge is 2.20. The van der Waals surface area contributed by atoms with E-state index in [9.17, 15) is 22.4 Å². The lowest BCUT2D eigenvalue weighted by atomic mass is 10.2. The molecule has 0 aliphatic rings. The summed E-state index contributed by atoms with van der Waals surface area (Å²) < 4.78 is 56.6. The minimum atomic E-state index is -1.58. The van der Waals surface area contributed by atoms with Crippen LogP contribution in [0.5, 0.6) is 5.75 Å². The lowest BCUT2D eigenvalue weighted by Crippen LogP contribution is -2.05. The molecule has 0 aromatic heterocycles. The molecule has 1 aromatic carbocycles. The first-order chi connectivity index (χ1) is 8.93. The van der Waals surface area contributed by atoms with Crippen LogP contribution in [0, 0.1) is 23.3 Å². The van der Waals surface area contributed by atoms with Gasteiger partial charge in [-0.25, -0.2) is 8.78 Å². The van der Waals surface area contributed by atoms with E-state index in [0.29, 0.717) is 19.3 Å². The molecule has 7 heteroatoms. The molecule has 3 nitrogen and oxygen atoms in total. The monoisotopic (exact) mass is 280 g/mol. The van der Waals surface area contributed by atoms with E-state index in [0.717, 1.165) is 0 Å². The van der Waals surface area contributed by atoms with Crippen molar-refractivity contribution in [2.45, 2.75) is 25.7 Å². The van der Waals surface area contributed by atoms with E-state index in [1.807, 2.05) is 0 Å². The molecule has 0 atom stereocenters. The third-order valence-electron chi connectivity index (χ3n) is 2.35. The molecule has 1 N–H and O–H groups in total. The zero-order chi connectivity index (χ0) is 14.4. The summed E-state index contributed by atoms with van der Waals surface area (Å²) in [5, 5.41) is 8.37. The van der Waals surface area contributed by atoms with Crippen LogP contribution in [-0.2, 0) is 4.79 Å². The molecule has 0 aliphatic heterocycles. The Morgan fingerprint density at radius 3 is 2.16 bits per heavy atom. The summed E-state index contributed by atoms with van der Waals surface area (Å²) in [4.78, 5) is 10.2. The molecule has 0 radical (unpaired) electrons. The SMILES string of the molecule is O=C(O)CCCCCOc1c(F)c(F)cc(F)c1F. The molecular weight excluding hydrogens is 268 g/mol. The molecule has 0 amide bonds. The molecular formula is C12H12F4O3. The van der Waals surface area contributed by atoms with E-state index in [2.05, 4.69) is 4.74 Å². The van der Waals surface area contributed by atoms with Crippen LogP contribution >= 0.6 is 0 Å². The second-order valence-corrected chi connectivity index (χ2v) is 3.85. The van der Waals surface area contributed by atoms with Gasteiger partial charge in [-0.3, -0.25) is 4.79 Å². The number of benzene rings is 1. The number of halogens is 4. The predicted octanol–water partition coefficient (Wildman–Crippen LogP) is 3.27. The smallest absolute Gasteiger partial charge is 0.303 e. The summed E-state index contributed by atoms with van der Waals surface area (Å²) in [5.74, 6) is -8.24. The number of carboxylic acids is 1. The van der Waals surface area contributed by atoms with Gasteiger partial charge in [0.25, 0.3) is 0 Å².